The smallest absolute Gasteiger partial charge is 0.0234 e. The maximum Gasteiger partial charge on any atom is -0.0234 e. The van der Waals surface area contributed by atoms with Gasteiger partial charge in [-0.3, -0.25) is 0 Å². The van der Waals surface area contributed by atoms with E-state index in [4.69, 9.17) is 0 Å². The fourth-order valence-electron chi connectivity index (χ4n) is 5.83. The van der Waals surface area contributed by atoms with Gasteiger partial charge in [-0.05, 0) is 67.1 Å². The molecule has 2 fully saturated rings. The molecule has 0 bridgehead atoms. The predicted octanol–water partition coefficient (Wildman–Crippen LogP) is 7.10. The zero-order chi connectivity index (χ0) is 16.1. The van der Waals surface area contributed by atoms with Gasteiger partial charge in [-0.1, -0.05) is 65.9 Å². The minimum atomic E-state index is 0.719. The van der Waals surface area contributed by atoms with Crippen LogP contribution in [0.15, 0.2) is 12.7 Å². The van der Waals surface area contributed by atoms with Gasteiger partial charge in [0.15, 0.2) is 0 Å². The summed E-state index contributed by atoms with van der Waals surface area (Å²) in [4.78, 5) is 0. The van der Waals surface area contributed by atoms with E-state index in [0.29, 0.717) is 0 Å². The summed E-state index contributed by atoms with van der Waals surface area (Å²) in [7, 11) is 0. The average Bonchev–Trinajstić information content (AvgIpc) is 2.92. The summed E-state index contributed by atoms with van der Waals surface area (Å²) in [6, 6.07) is 0. The Hall–Kier alpha value is -0.260. The van der Waals surface area contributed by atoms with Crippen LogP contribution >= 0.6 is 0 Å². The van der Waals surface area contributed by atoms with Crippen molar-refractivity contribution in [1.29, 1.82) is 0 Å². The van der Waals surface area contributed by atoms with E-state index in [1.807, 2.05) is 0 Å². The van der Waals surface area contributed by atoms with E-state index < -0.39 is 0 Å². The fraction of sp³-hybridized carbons (Fsp3) is 0.909. The normalized spacial score (nSPS) is 36.3. The highest BCUT2D eigenvalue weighted by Gasteiger charge is 2.45. The van der Waals surface area contributed by atoms with Gasteiger partial charge in [-0.15, -0.1) is 6.58 Å². The van der Waals surface area contributed by atoms with Gasteiger partial charge in [0.05, 0.1) is 0 Å². The number of rotatable bonds is 8. The van der Waals surface area contributed by atoms with Crippen LogP contribution in [0.25, 0.3) is 0 Å². The predicted molar refractivity (Wildman–Crippen MR) is 98.9 cm³/mol. The minimum absolute atomic E-state index is 0.719. The summed E-state index contributed by atoms with van der Waals surface area (Å²) in [5.74, 6) is 6.67. The van der Waals surface area contributed by atoms with Crippen molar-refractivity contribution in [3.8, 4) is 0 Å². The number of fused-ring (bicyclic) bond motifs is 1. The van der Waals surface area contributed by atoms with Gasteiger partial charge in [0, 0.05) is 0 Å². The molecule has 0 spiro atoms. The highest BCUT2D eigenvalue weighted by atomic mass is 14.5. The van der Waals surface area contributed by atoms with Crippen molar-refractivity contribution in [3.05, 3.63) is 12.7 Å². The monoisotopic (exact) mass is 304 g/mol. The van der Waals surface area contributed by atoms with Crippen molar-refractivity contribution >= 4 is 0 Å². The Kier molecular flexibility index (Phi) is 7.03. The first-order valence-electron chi connectivity index (χ1n) is 10.2. The zero-order valence-electron chi connectivity index (χ0n) is 15.7. The Balaban J connectivity index is 1.87. The van der Waals surface area contributed by atoms with Crippen LogP contribution in [0.5, 0.6) is 0 Å². The summed E-state index contributed by atoms with van der Waals surface area (Å²) in [6.07, 6.45) is 15.5. The van der Waals surface area contributed by atoms with E-state index in [2.05, 4.69) is 40.3 Å². The first-order valence-corrected chi connectivity index (χ1v) is 10.2. The third-order valence-corrected chi connectivity index (χ3v) is 7.08. The van der Waals surface area contributed by atoms with Gasteiger partial charge in [-0.2, -0.15) is 0 Å². The zero-order valence-corrected chi connectivity index (χ0v) is 15.7. The fourth-order valence-corrected chi connectivity index (χ4v) is 5.83. The Bertz CT molecular complexity index is 329. The molecule has 0 heteroatoms. The molecule has 0 aromatic carbocycles. The van der Waals surface area contributed by atoms with Crippen LogP contribution in [0.3, 0.4) is 0 Å². The Morgan fingerprint density at radius 2 is 1.73 bits per heavy atom. The molecule has 2 aliphatic rings. The molecule has 0 nitrogen and oxygen atoms in total. The second-order valence-electron chi connectivity index (χ2n) is 8.75. The molecule has 6 atom stereocenters. The van der Waals surface area contributed by atoms with E-state index in [0.717, 1.165) is 41.4 Å². The molecule has 5 unspecified atom stereocenters. The molecule has 0 aromatic heterocycles. The van der Waals surface area contributed by atoms with Gasteiger partial charge < -0.3 is 0 Å². The van der Waals surface area contributed by atoms with Crippen molar-refractivity contribution in [1.82, 2.24) is 0 Å². The first-order chi connectivity index (χ1) is 10.6. The highest BCUT2D eigenvalue weighted by molar-refractivity contribution is 4.97. The third-order valence-electron chi connectivity index (χ3n) is 7.08. The van der Waals surface area contributed by atoms with E-state index in [1.165, 1.54) is 57.8 Å². The Labute approximate surface area is 140 Å². The summed E-state index contributed by atoms with van der Waals surface area (Å²) in [5.41, 5.74) is 0. The van der Waals surface area contributed by atoms with Gasteiger partial charge in [0.25, 0.3) is 0 Å². The molecule has 22 heavy (non-hydrogen) atoms. The van der Waals surface area contributed by atoms with Crippen molar-refractivity contribution in [2.45, 2.75) is 85.5 Å². The second kappa shape index (κ2) is 8.55. The lowest BCUT2D eigenvalue weighted by Gasteiger charge is -2.43. The molecule has 2 aliphatic carbocycles. The largest absolute Gasteiger partial charge is 0.103 e. The molecular weight excluding hydrogens is 264 g/mol. The van der Waals surface area contributed by atoms with Crippen LogP contribution < -0.4 is 0 Å². The van der Waals surface area contributed by atoms with E-state index >= 15 is 0 Å². The lowest BCUT2D eigenvalue weighted by atomic mass is 9.62. The molecule has 2 saturated carbocycles. The van der Waals surface area contributed by atoms with Crippen molar-refractivity contribution in [3.63, 3.8) is 0 Å². The first kappa shape index (κ1) is 18.1. The van der Waals surface area contributed by atoms with Crippen LogP contribution in [-0.2, 0) is 0 Å². The molecule has 0 aliphatic heterocycles. The van der Waals surface area contributed by atoms with Gasteiger partial charge >= 0.3 is 0 Å². The maximum absolute atomic E-state index is 4.07. The van der Waals surface area contributed by atoms with E-state index in [-0.39, 0.29) is 0 Å². The van der Waals surface area contributed by atoms with Crippen LogP contribution in [0, 0.1) is 41.4 Å². The van der Waals surface area contributed by atoms with E-state index in [1.54, 1.807) is 0 Å². The lowest BCUT2D eigenvalue weighted by molar-refractivity contribution is 0.0673. The van der Waals surface area contributed by atoms with Gasteiger partial charge in [0.1, 0.15) is 0 Å². The molecule has 0 saturated heterocycles. The number of hydrogen-bond acceptors (Lipinski definition) is 0. The Morgan fingerprint density at radius 3 is 2.36 bits per heavy atom. The number of hydrogen-bond donors (Lipinski definition) is 0. The molecule has 0 amide bonds. The molecule has 0 radical (unpaired) electrons. The standard InChI is InChI=1S/C22H40/c1-6-17(5)20-14-15-21-18(11-9-8-10-16(3)4)12-13-22(21)19(20)7-2/h6,16-22H,1,7-15H2,2-5H3/t17-,18?,19?,20?,21?,22?/m1/s1. The highest BCUT2D eigenvalue weighted by Crippen LogP contribution is 2.54. The summed E-state index contributed by atoms with van der Waals surface area (Å²) >= 11 is 0. The minimum Gasteiger partial charge on any atom is -0.103 e. The van der Waals surface area contributed by atoms with Crippen LogP contribution in [-0.4, -0.2) is 0 Å². The van der Waals surface area contributed by atoms with Crippen LogP contribution in [0.2, 0.25) is 0 Å². The maximum atomic E-state index is 4.07. The van der Waals surface area contributed by atoms with Crippen LogP contribution in [0.1, 0.15) is 85.5 Å². The summed E-state index contributed by atoms with van der Waals surface area (Å²) in [6.45, 7) is 13.6. The molecule has 0 heterocycles. The van der Waals surface area contributed by atoms with Crippen molar-refractivity contribution < 1.29 is 0 Å². The summed E-state index contributed by atoms with van der Waals surface area (Å²) < 4.78 is 0. The topological polar surface area (TPSA) is 0 Å². The summed E-state index contributed by atoms with van der Waals surface area (Å²) in [5, 5.41) is 0. The number of unbranched alkanes of at least 4 members (excludes halogenated alkanes) is 1. The molecule has 0 aromatic rings. The third kappa shape index (κ3) is 4.18. The van der Waals surface area contributed by atoms with Crippen molar-refractivity contribution in [2.75, 3.05) is 0 Å². The van der Waals surface area contributed by atoms with Gasteiger partial charge in [-0.25, -0.2) is 0 Å². The quantitative estimate of drug-likeness (QED) is 0.331. The van der Waals surface area contributed by atoms with E-state index in [9.17, 15) is 0 Å². The Morgan fingerprint density at radius 1 is 1.00 bits per heavy atom. The molecular formula is C22H40. The number of allylic oxidation sites excluding steroid dienone is 1. The molecule has 128 valence electrons. The average molecular weight is 305 g/mol. The second-order valence-corrected chi connectivity index (χ2v) is 8.75. The molecule has 0 N–H and O–H groups in total. The lowest BCUT2D eigenvalue weighted by Crippen LogP contribution is -2.36. The van der Waals surface area contributed by atoms with Gasteiger partial charge in [0.2, 0.25) is 0 Å². The van der Waals surface area contributed by atoms with Crippen LogP contribution in [0.4, 0.5) is 0 Å². The molecule has 2 rings (SSSR count). The SMILES string of the molecule is C=C[C@@H](C)C1CCC2C(CCCCC(C)C)CCC2C1CC. The van der Waals surface area contributed by atoms with Crippen molar-refractivity contribution in [2.24, 2.45) is 41.4 Å².